The van der Waals surface area contributed by atoms with Crippen molar-refractivity contribution in [2.24, 2.45) is 0 Å². The average molecular weight is 431 g/mol. The third-order valence-electron chi connectivity index (χ3n) is 6.16. The van der Waals surface area contributed by atoms with Crippen molar-refractivity contribution >= 4 is 17.5 Å². The topological polar surface area (TPSA) is 80.3 Å². The number of rotatable bonds is 3. The molecule has 2 aromatic carbocycles. The summed E-state index contributed by atoms with van der Waals surface area (Å²) in [6.45, 7) is 2.05. The van der Waals surface area contributed by atoms with Crippen molar-refractivity contribution in [3.05, 3.63) is 88.5 Å². The van der Waals surface area contributed by atoms with E-state index in [9.17, 15) is 14.0 Å². The van der Waals surface area contributed by atoms with Gasteiger partial charge in [0.1, 0.15) is 22.8 Å². The molecule has 7 heteroatoms. The molecule has 0 spiro atoms. The zero-order valence-corrected chi connectivity index (χ0v) is 17.6. The molecule has 1 aromatic heterocycles. The number of halogens is 1. The summed E-state index contributed by atoms with van der Waals surface area (Å²) in [5.74, 6) is -0.109. The molecule has 2 aliphatic rings. The summed E-state index contributed by atoms with van der Waals surface area (Å²) in [5, 5.41) is 5.97. The van der Waals surface area contributed by atoms with Gasteiger partial charge in [0.25, 0.3) is 5.91 Å². The van der Waals surface area contributed by atoms with Gasteiger partial charge in [-0.1, -0.05) is 12.1 Å². The van der Waals surface area contributed by atoms with E-state index in [1.54, 1.807) is 49.5 Å². The predicted molar refractivity (Wildman–Crippen MR) is 117 cm³/mol. The number of fused-ring (bicyclic) bond motifs is 2. The highest BCUT2D eigenvalue weighted by molar-refractivity contribution is 5.98. The van der Waals surface area contributed by atoms with E-state index in [0.717, 1.165) is 11.3 Å². The second-order valence-corrected chi connectivity index (χ2v) is 8.19. The Morgan fingerprint density at radius 2 is 2.06 bits per heavy atom. The zero-order chi connectivity index (χ0) is 22.3. The summed E-state index contributed by atoms with van der Waals surface area (Å²) in [5.41, 5.74) is 2.76. The summed E-state index contributed by atoms with van der Waals surface area (Å²) in [7, 11) is 0. The van der Waals surface area contributed by atoms with Gasteiger partial charge in [0, 0.05) is 30.3 Å². The van der Waals surface area contributed by atoms with Gasteiger partial charge in [-0.05, 0) is 66.4 Å². The van der Waals surface area contributed by atoms with Crippen LogP contribution in [0, 0.1) is 12.7 Å². The molecule has 2 amide bonds. The number of pyridine rings is 1. The van der Waals surface area contributed by atoms with Gasteiger partial charge >= 0.3 is 0 Å². The third-order valence-corrected chi connectivity index (χ3v) is 6.16. The first-order valence-electron chi connectivity index (χ1n) is 10.6. The van der Waals surface area contributed by atoms with Crippen LogP contribution >= 0.6 is 0 Å². The molecular weight excluding hydrogens is 409 g/mol. The average Bonchev–Trinajstić information content (AvgIpc) is 2.80. The molecule has 0 saturated heterocycles. The van der Waals surface area contributed by atoms with E-state index in [-0.39, 0.29) is 17.6 Å². The predicted octanol–water partition coefficient (Wildman–Crippen LogP) is 3.87. The van der Waals surface area contributed by atoms with E-state index in [1.165, 1.54) is 6.07 Å². The Labute approximate surface area is 184 Å². The van der Waals surface area contributed by atoms with Gasteiger partial charge in [0.15, 0.2) is 0 Å². The fraction of sp³-hybridized carbons (Fsp3) is 0.240. The van der Waals surface area contributed by atoms with E-state index in [4.69, 9.17) is 4.74 Å². The Balaban J connectivity index is 1.58. The lowest BCUT2D eigenvalue weighted by Crippen LogP contribution is -2.50. The van der Waals surface area contributed by atoms with Crippen LogP contribution in [0.3, 0.4) is 0 Å². The second kappa shape index (κ2) is 7.75. The molecule has 1 atom stereocenters. The van der Waals surface area contributed by atoms with E-state index < -0.39 is 5.54 Å². The first-order chi connectivity index (χ1) is 15.5. The lowest BCUT2D eigenvalue weighted by Gasteiger charge is -2.39. The van der Waals surface area contributed by atoms with Gasteiger partial charge in [-0.2, -0.15) is 0 Å². The van der Waals surface area contributed by atoms with Crippen LogP contribution in [0.25, 0.3) is 0 Å². The molecule has 2 N–H and O–H groups in total. The summed E-state index contributed by atoms with van der Waals surface area (Å²) >= 11 is 0. The number of carbonyl (C=O) groups excluding carboxylic acids is 2. The molecule has 0 saturated carbocycles. The number of nitrogens with one attached hydrogen (secondary N) is 2. The maximum Gasteiger partial charge on any atom is 0.252 e. The van der Waals surface area contributed by atoms with Crippen molar-refractivity contribution in [2.75, 3.05) is 11.9 Å². The fourth-order valence-corrected chi connectivity index (χ4v) is 4.38. The SMILES string of the molecule is Cc1ccc([C@@]2(NC(=O)c3ccc4c(c3)CCC(=O)N4)CCOc3cccnc32)cc1F. The monoisotopic (exact) mass is 431 g/mol. The Morgan fingerprint density at radius 1 is 1.19 bits per heavy atom. The van der Waals surface area contributed by atoms with Gasteiger partial charge in [-0.3, -0.25) is 14.6 Å². The number of aromatic nitrogens is 1. The molecule has 2 aliphatic heterocycles. The lowest BCUT2D eigenvalue weighted by molar-refractivity contribution is -0.116. The molecule has 6 nitrogen and oxygen atoms in total. The highest BCUT2D eigenvalue weighted by atomic mass is 19.1. The van der Waals surface area contributed by atoms with Gasteiger partial charge < -0.3 is 15.4 Å². The molecule has 0 bridgehead atoms. The van der Waals surface area contributed by atoms with E-state index in [1.807, 2.05) is 6.07 Å². The molecule has 3 aromatic rings. The van der Waals surface area contributed by atoms with E-state index in [0.29, 0.717) is 54.0 Å². The van der Waals surface area contributed by atoms with Gasteiger partial charge in [-0.25, -0.2) is 4.39 Å². The van der Waals surface area contributed by atoms with Crippen LogP contribution in [0.15, 0.2) is 54.7 Å². The number of anilines is 1. The van der Waals surface area contributed by atoms with Gasteiger partial charge in [0.05, 0.1) is 6.61 Å². The van der Waals surface area contributed by atoms with Crippen LogP contribution in [0.2, 0.25) is 0 Å². The molecule has 0 unspecified atom stereocenters. The minimum atomic E-state index is -1.04. The molecular formula is C25H22FN3O3. The molecule has 32 heavy (non-hydrogen) atoms. The minimum Gasteiger partial charge on any atom is -0.491 e. The number of hydrogen-bond acceptors (Lipinski definition) is 4. The summed E-state index contributed by atoms with van der Waals surface area (Å²) in [6.07, 6.45) is 3.01. The van der Waals surface area contributed by atoms with Crippen molar-refractivity contribution in [1.82, 2.24) is 10.3 Å². The number of benzene rings is 2. The largest absolute Gasteiger partial charge is 0.491 e. The first kappa shape index (κ1) is 20.2. The van der Waals surface area contributed by atoms with Crippen LogP contribution in [-0.4, -0.2) is 23.4 Å². The smallest absolute Gasteiger partial charge is 0.252 e. The maximum absolute atomic E-state index is 14.6. The van der Waals surface area contributed by atoms with Crippen LogP contribution in [0.5, 0.6) is 5.75 Å². The molecule has 0 aliphatic carbocycles. The highest BCUT2D eigenvalue weighted by Gasteiger charge is 2.43. The summed E-state index contributed by atoms with van der Waals surface area (Å²) < 4.78 is 20.3. The zero-order valence-electron chi connectivity index (χ0n) is 17.6. The van der Waals surface area contributed by atoms with Crippen molar-refractivity contribution in [1.29, 1.82) is 0 Å². The quantitative estimate of drug-likeness (QED) is 0.660. The molecule has 5 rings (SSSR count). The van der Waals surface area contributed by atoms with E-state index >= 15 is 0 Å². The number of carbonyl (C=O) groups is 2. The third kappa shape index (κ3) is 3.39. The Kier molecular flexibility index (Phi) is 4.89. The number of aryl methyl sites for hydroxylation is 2. The van der Waals surface area contributed by atoms with Gasteiger partial charge in [-0.15, -0.1) is 0 Å². The van der Waals surface area contributed by atoms with E-state index in [2.05, 4.69) is 15.6 Å². The molecule has 162 valence electrons. The summed E-state index contributed by atoms with van der Waals surface area (Å²) in [4.78, 5) is 29.6. The fourth-order valence-electron chi connectivity index (χ4n) is 4.38. The highest BCUT2D eigenvalue weighted by Crippen LogP contribution is 2.41. The van der Waals surface area contributed by atoms with Crippen molar-refractivity contribution < 1.29 is 18.7 Å². The number of ether oxygens (including phenoxy) is 1. The van der Waals surface area contributed by atoms with Crippen LogP contribution < -0.4 is 15.4 Å². The maximum atomic E-state index is 14.6. The van der Waals surface area contributed by atoms with Gasteiger partial charge in [0.2, 0.25) is 5.91 Å². The molecule has 0 radical (unpaired) electrons. The van der Waals surface area contributed by atoms with Crippen LogP contribution in [0.1, 0.15) is 45.6 Å². The normalized spacial score (nSPS) is 19.2. The number of hydrogen-bond donors (Lipinski definition) is 2. The molecule has 0 fully saturated rings. The Morgan fingerprint density at radius 3 is 2.91 bits per heavy atom. The van der Waals surface area contributed by atoms with Crippen LogP contribution in [0.4, 0.5) is 10.1 Å². The Bertz CT molecular complexity index is 1240. The first-order valence-corrected chi connectivity index (χ1v) is 10.6. The second-order valence-electron chi connectivity index (χ2n) is 8.19. The standard InChI is InChI=1S/C25H22FN3O3/c1-15-4-7-18(14-19(15)26)25(10-12-32-21-3-2-11-27-23(21)25)29-24(31)17-5-8-20-16(13-17)6-9-22(30)28-20/h2-5,7-8,11,13-14H,6,9-10,12H2,1H3,(H,28,30)(H,29,31)/t25-/m0/s1. The minimum absolute atomic E-state index is 0.0278. The Hall–Kier alpha value is -3.74. The van der Waals surface area contributed by atoms with Crippen molar-refractivity contribution in [3.63, 3.8) is 0 Å². The summed E-state index contributed by atoms with van der Waals surface area (Å²) in [6, 6.07) is 13.8. The number of amides is 2. The molecule has 3 heterocycles. The number of nitrogens with zero attached hydrogens (tertiary/aromatic N) is 1. The lowest BCUT2D eigenvalue weighted by atomic mass is 9.80. The van der Waals surface area contributed by atoms with Crippen molar-refractivity contribution in [2.45, 2.75) is 31.7 Å². The van der Waals surface area contributed by atoms with Crippen molar-refractivity contribution in [3.8, 4) is 5.75 Å². The van der Waals surface area contributed by atoms with Crippen LogP contribution in [-0.2, 0) is 16.8 Å².